The number of aromatic nitrogens is 6. The van der Waals surface area contributed by atoms with Gasteiger partial charge in [0.15, 0.2) is 6.10 Å². The molecular weight excluding hydrogens is 372 g/mol. The quantitative estimate of drug-likeness (QED) is 0.651. The molecule has 3 heterocycles. The van der Waals surface area contributed by atoms with E-state index in [1.54, 1.807) is 0 Å². The molecule has 0 radical (unpaired) electrons. The minimum Gasteiger partial charge on any atom is -0.464 e. The summed E-state index contributed by atoms with van der Waals surface area (Å²) in [5.74, 6) is -0.355. The molecule has 0 N–H and O–H groups in total. The second-order valence-corrected chi connectivity index (χ2v) is 5.34. The van der Waals surface area contributed by atoms with Gasteiger partial charge >= 0.3 is 6.18 Å². The average Bonchev–Trinajstić information content (AvgIpc) is 2.95. The number of alkyl halides is 3. The van der Waals surface area contributed by atoms with Crippen molar-refractivity contribution in [2.45, 2.75) is 19.2 Å². The van der Waals surface area contributed by atoms with Crippen molar-refractivity contribution in [3.8, 4) is 17.1 Å². The van der Waals surface area contributed by atoms with Gasteiger partial charge in [-0.15, -0.1) is 0 Å². The summed E-state index contributed by atoms with van der Waals surface area (Å²) < 4.78 is 44.8. The van der Waals surface area contributed by atoms with Crippen LogP contribution in [-0.4, -0.2) is 41.8 Å². The van der Waals surface area contributed by atoms with Gasteiger partial charge in [0.25, 0.3) is 5.78 Å². The van der Waals surface area contributed by atoms with Crippen LogP contribution in [0.2, 0.25) is 10.2 Å². The van der Waals surface area contributed by atoms with E-state index in [9.17, 15) is 13.2 Å². The summed E-state index contributed by atoms with van der Waals surface area (Å²) in [5.41, 5.74) is 0.0177. The lowest BCUT2D eigenvalue weighted by atomic mass is 10.2. The van der Waals surface area contributed by atoms with Crippen molar-refractivity contribution in [1.29, 1.82) is 0 Å². The van der Waals surface area contributed by atoms with Crippen molar-refractivity contribution >= 4 is 29.0 Å². The molecule has 0 aliphatic rings. The van der Waals surface area contributed by atoms with E-state index in [2.05, 4.69) is 25.0 Å². The first-order valence-corrected chi connectivity index (χ1v) is 7.13. The molecule has 0 spiro atoms. The van der Waals surface area contributed by atoms with Crippen molar-refractivity contribution < 1.29 is 17.9 Å². The van der Waals surface area contributed by atoms with Gasteiger partial charge in [-0.2, -0.15) is 32.8 Å². The molecule has 0 fully saturated rings. The molecule has 0 aliphatic carbocycles. The van der Waals surface area contributed by atoms with E-state index in [1.807, 2.05) is 0 Å². The van der Waals surface area contributed by atoms with Gasteiger partial charge in [0.2, 0.25) is 5.88 Å². The third kappa shape index (κ3) is 2.94. The minimum atomic E-state index is -4.60. The summed E-state index contributed by atoms with van der Waals surface area (Å²) >= 11 is 12.1. The topological polar surface area (TPSA) is 78.1 Å². The molecule has 3 rings (SSSR count). The molecule has 1 atom stereocenters. The Morgan fingerprint density at radius 2 is 1.96 bits per heavy atom. The van der Waals surface area contributed by atoms with Crippen LogP contribution in [0.25, 0.3) is 17.0 Å². The average molecular weight is 379 g/mol. The zero-order chi connectivity index (χ0) is 17.5. The van der Waals surface area contributed by atoms with Crippen molar-refractivity contribution in [2.24, 2.45) is 0 Å². The fourth-order valence-electron chi connectivity index (χ4n) is 1.83. The summed E-state index contributed by atoms with van der Waals surface area (Å²) in [6.07, 6.45) is -3.20. The van der Waals surface area contributed by atoms with E-state index in [-0.39, 0.29) is 33.1 Å². The van der Waals surface area contributed by atoms with Crippen LogP contribution in [0.15, 0.2) is 18.9 Å². The monoisotopic (exact) mass is 378 g/mol. The first-order chi connectivity index (χ1) is 11.3. The van der Waals surface area contributed by atoms with E-state index in [4.69, 9.17) is 27.9 Å². The first-order valence-electron chi connectivity index (χ1n) is 6.37. The Morgan fingerprint density at radius 3 is 2.62 bits per heavy atom. The summed E-state index contributed by atoms with van der Waals surface area (Å²) in [4.78, 5) is 15.4. The minimum absolute atomic E-state index is 0.0293. The molecule has 1 unspecified atom stereocenters. The van der Waals surface area contributed by atoms with Gasteiger partial charge in [0.1, 0.15) is 29.1 Å². The van der Waals surface area contributed by atoms with E-state index < -0.39 is 12.3 Å². The zero-order valence-electron chi connectivity index (χ0n) is 11.8. The summed E-state index contributed by atoms with van der Waals surface area (Å²) in [5, 5.41) is 3.70. The molecule has 12 heteroatoms. The highest BCUT2D eigenvalue weighted by Crippen LogP contribution is 2.39. The van der Waals surface area contributed by atoms with Crippen LogP contribution < -0.4 is 4.74 Å². The maximum Gasteiger partial charge on any atom is 0.425 e. The number of hydrogen-bond donors (Lipinski definition) is 0. The molecule has 24 heavy (non-hydrogen) atoms. The maximum atomic E-state index is 12.9. The Bertz CT molecular complexity index is 900. The van der Waals surface area contributed by atoms with Gasteiger partial charge in [-0.1, -0.05) is 23.2 Å². The van der Waals surface area contributed by atoms with Crippen LogP contribution in [0, 0.1) is 0 Å². The fourth-order valence-corrected chi connectivity index (χ4v) is 2.28. The lowest BCUT2D eigenvalue weighted by Crippen LogP contribution is -2.32. The smallest absolute Gasteiger partial charge is 0.425 e. The van der Waals surface area contributed by atoms with Crippen molar-refractivity contribution in [3.63, 3.8) is 0 Å². The van der Waals surface area contributed by atoms with Crippen LogP contribution in [0.1, 0.15) is 6.92 Å². The van der Waals surface area contributed by atoms with Crippen LogP contribution in [0.4, 0.5) is 13.2 Å². The Kier molecular flexibility index (Phi) is 4.18. The van der Waals surface area contributed by atoms with Crippen molar-refractivity contribution in [1.82, 2.24) is 29.5 Å². The molecule has 126 valence electrons. The summed E-state index contributed by atoms with van der Waals surface area (Å²) in [6, 6.07) is 0. The maximum absolute atomic E-state index is 12.9. The third-order valence-electron chi connectivity index (χ3n) is 2.99. The van der Waals surface area contributed by atoms with Crippen LogP contribution in [-0.2, 0) is 0 Å². The van der Waals surface area contributed by atoms with Crippen LogP contribution >= 0.6 is 23.2 Å². The normalized spacial score (nSPS) is 13.2. The number of hydrogen-bond acceptors (Lipinski definition) is 6. The molecule has 0 saturated carbocycles. The van der Waals surface area contributed by atoms with Gasteiger partial charge in [-0.05, 0) is 6.92 Å². The zero-order valence-corrected chi connectivity index (χ0v) is 13.3. The third-order valence-corrected chi connectivity index (χ3v) is 3.54. The lowest BCUT2D eigenvalue weighted by Gasteiger charge is -2.20. The van der Waals surface area contributed by atoms with Gasteiger partial charge in [0, 0.05) is 6.20 Å². The lowest BCUT2D eigenvalue weighted by molar-refractivity contribution is -0.190. The van der Waals surface area contributed by atoms with E-state index in [0.717, 1.165) is 17.8 Å². The Balaban J connectivity index is 2.26. The van der Waals surface area contributed by atoms with Crippen molar-refractivity contribution in [3.05, 3.63) is 29.0 Å². The van der Waals surface area contributed by atoms with Crippen LogP contribution in [0.5, 0.6) is 5.88 Å². The molecule has 0 bridgehead atoms. The number of ether oxygens (including phenoxy) is 1. The van der Waals surface area contributed by atoms with E-state index >= 15 is 0 Å². The van der Waals surface area contributed by atoms with Gasteiger partial charge < -0.3 is 4.74 Å². The molecule has 0 aromatic carbocycles. The van der Waals surface area contributed by atoms with E-state index in [0.29, 0.717) is 0 Å². The molecule has 3 aromatic heterocycles. The van der Waals surface area contributed by atoms with Crippen LogP contribution in [0.3, 0.4) is 0 Å². The number of nitrogens with zero attached hydrogens (tertiary/aromatic N) is 6. The highest BCUT2D eigenvalue weighted by molar-refractivity contribution is 6.35. The Hall–Kier alpha value is -2.20. The molecular formula is C12H7Cl2F3N6O. The second-order valence-electron chi connectivity index (χ2n) is 4.58. The molecule has 0 saturated heterocycles. The molecule has 0 amide bonds. The summed E-state index contributed by atoms with van der Waals surface area (Å²) in [7, 11) is 0. The van der Waals surface area contributed by atoms with Gasteiger partial charge in [-0.3, -0.25) is 0 Å². The predicted octanol–water partition coefficient (Wildman–Crippen LogP) is 3.22. The molecule has 3 aromatic rings. The van der Waals surface area contributed by atoms with Gasteiger partial charge in [0.05, 0.1) is 5.02 Å². The van der Waals surface area contributed by atoms with E-state index in [1.165, 1.54) is 12.5 Å². The highest BCUT2D eigenvalue weighted by Gasteiger charge is 2.39. The second kappa shape index (κ2) is 6.02. The first kappa shape index (κ1) is 16.7. The number of rotatable bonds is 3. The standard InChI is InChI=1S/C12H7Cl2F3N6O/c1-5(12(15,16)17)24-10-7(8-6(13)2-18-3-19-8)9(14)22-11-20-4-21-23(10)11/h2-5H,1H3. The Morgan fingerprint density at radius 1 is 1.21 bits per heavy atom. The molecule has 0 aliphatic heterocycles. The Labute approximate surface area is 142 Å². The number of fused-ring (bicyclic) bond motifs is 1. The highest BCUT2D eigenvalue weighted by atomic mass is 35.5. The predicted molar refractivity (Wildman–Crippen MR) is 78.0 cm³/mol. The number of halogens is 5. The van der Waals surface area contributed by atoms with Gasteiger partial charge in [-0.25, -0.2) is 9.97 Å². The largest absolute Gasteiger partial charge is 0.464 e. The van der Waals surface area contributed by atoms with Crippen molar-refractivity contribution in [2.75, 3.05) is 0 Å². The molecule has 7 nitrogen and oxygen atoms in total. The summed E-state index contributed by atoms with van der Waals surface area (Å²) in [6.45, 7) is 0.850. The fraction of sp³-hybridized carbons (Fsp3) is 0.250. The SMILES string of the molecule is CC(Oc1c(-c2ncncc2Cl)c(Cl)nc2ncnn12)C(F)(F)F.